The predicted octanol–water partition coefficient (Wildman–Crippen LogP) is 5.48. The highest BCUT2D eigenvalue weighted by Crippen LogP contribution is 2.53. The molecule has 2 saturated heterocycles. The van der Waals surface area contributed by atoms with Crippen LogP contribution in [0.4, 0.5) is 0 Å². The minimum Gasteiger partial charge on any atom is -0.483 e. The van der Waals surface area contributed by atoms with Crippen LogP contribution in [0.2, 0.25) is 0 Å². The quantitative estimate of drug-likeness (QED) is 0.0150. The highest BCUT2D eigenvalue weighted by atomic mass is 16.6. The fourth-order valence-corrected chi connectivity index (χ4v) is 9.84. The number of benzene rings is 3. The first-order chi connectivity index (χ1) is 35.9. The molecule has 1 aromatic heterocycles. The van der Waals surface area contributed by atoms with Crippen molar-refractivity contribution in [1.82, 2.24) is 36.7 Å². The third-order valence-electron chi connectivity index (χ3n) is 14.6. The summed E-state index contributed by atoms with van der Waals surface area (Å²) in [6.45, 7) is 14.4. The Hall–Kier alpha value is -6.50. The number of aromatic amines is 1. The van der Waals surface area contributed by atoms with Crippen LogP contribution in [0.25, 0.3) is 0 Å². The van der Waals surface area contributed by atoms with E-state index in [-0.39, 0.29) is 79.7 Å². The number of aryl methyl sites for hydroxylation is 1. The molecule has 1 saturated carbocycles. The van der Waals surface area contributed by atoms with Crippen molar-refractivity contribution in [3.05, 3.63) is 107 Å². The van der Waals surface area contributed by atoms with Crippen molar-refractivity contribution in [2.24, 2.45) is 17.3 Å². The zero-order chi connectivity index (χ0) is 53.6. The van der Waals surface area contributed by atoms with E-state index >= 15 is 0 Å². The van der Waals surface area contributed by atoms with Gasteiger partial charge < -0.3 is 44.7 Å². The van der Waals surface area contributed by atoms with E-state index in [0.29, 0.717) is 74.5 Å². The molecule has 7 rings (SSSR count). The molecule has 3 aliphatic rings. The average Bonchev–Trinajstić information content (AvgIpc) is 4.20. The largest absolute Gasteiger partial charge is 0.483 e. The smallest absolute Gasteiger partial charge is 0.311 e. The van der Waals surface area contributed by atoms with Crippen LogP contribution in [0, 0.1) is 17.3 Å². The van der Waals surface area contributed by atoms with Gasteiger partial charge in [-0.2, -0.15) is 15.4 Å². The second kappa shape index (κ2) is 25.8. The number of carbonyl (C=O) groups is 6. The summed E-state index contributed by atoms with van der Waals surface area (Å²) in [5, 5.41) is 22.6. The third-order valence-corrected chi connectivity index (χ3v) is 14.6. The number of H-pyrrole nitrogens is 1. The molecule has 3 fully saturated rings. The molecule has 5 N–H and O–H groups in total. The van der Waals surface area contributed by atoms with Crippen LogP contribution in [0.5, 0.6) is 11.5 Å². The summed E-state index contributed by atoms with van der Waals surface area (Å²) in [5.41, 5.74) is 1.89. The van der Waals surface area contributed by atoms with Crippen molar-refractivity contribution >= 4 is 35.4 Å². The molecule has 6 atom stereocenters. The molecule has 75 heavy (non-hydrogen) atoms. The van der Waals surface area contributed by atoms with Crippen LogP contribution in [-0.4, -0.2) is 124 Å². The summed E-state index contributed by atoms with van der Waals surface area (Å²) in [5.74, 6) is -2.06. The maximum absolute atomic E-state index is 14.8. The Morgan fingerprint density at radius 2 is 1.47 bits per heavy atom. The monoisotopic (exact) mass is 1030 g/mol. The Bertz CT molecular complexity index is 2550. The Morgan fingerprint density at radius 1 is 0.800 bits per heavy atom. The maximum Gasteiger partial charge on any atom is 0.311 e. The standard InChI is InChI=1S/C57H76N8O10/c1-7-8-11-20-50(67)75-47-24-22-41(31-48(47)73-36-42-33-58-64-63-42)34-65(25-27-72-28-26-65)35-49(66)59-44(23-21-39-16-12-9-13-17-39)53(69)62-51(43-32-56(43,4)5)55(71)61-46(30-40-18-14-10-15-19-40)54(70)60-45(29-38(2)3)52(68)57(6)37-74-57/h9-10,12-19,22,24,31,33,38,43-46,51H,7-8,11,20-21,23,25-30,32,34-37H2,1-6H3,(H4-,58,59,60,61,62,63,64,66,69,70,71)/p+1/t43?,44-,45?,46-,51-,57+/m0/s1. The first-order valence-corrected chi connectivity index (χ1v) is 26.7. The van der Waals surface area contributed by atoms with Crippen molar-refractivity contribution in [3.63, 3.8) is 0 Å². The fraction of sp³-hybridized carbons (Fsp3) is 0.544. The minimum atomic E-state index is -1.09. The van der Waals surface area contributed by atoms with Crippen molar-refractivity contribution in [3.8, 4) is 11.5 Å². The summed E-state index contributed by atoms with van der Waals surface area (Å²) in [6, 6.07) is 20.4. The second-order valence-corrected chi connectivity index (χ2v) is 21.9. The van der Waals surface area contributed by atoms with E-state index < -0.39 is 47.5 Å². The zero-order valence-corrected chi connectivity index (χ0v) is 44.5. The average molecular weight is 1030 g/mol. The second-order valence-electron chi connectivity index (χ2n) is 21.9. The molecule has 0 bridgehead atoms. The number of quaternary nitrogens is 1. The number of morpholine rings is 1. The molecule has 0 spiro atoms. The molecule has 2 unspecified atom stereocenters. The fourth-order valence-electron chi connectivity index (χ4n) is 9.84. The van der Waals surface area contributed by atoms with Gasteiger partial charge in [0.05, 0.1) is 32.1 Å². The first kappa shape index (κ1) is 56.2. The SMILES string of the molecule is CCCCCC(=O)Oc1ccc(C[N+]2(CC(=O)N[C@@H](CCc3ccccc3)C(=O)N[C@H](C(=O)N[C@@H](Cc3ccccc3)C(=O)NC(CC(C)C)C(=O)[C@@]3(C)CO3)C3CC3(C)C)CCOCC2)cc1OCc1cn[nH]n1. The topological polar surface area (TPSA) is 232 Å². The molecule has 0 radical (unpaired) electrons. The van der Waals surface area contributed by atoms with Gasteiger partial charge in [-0.05, 0) is 85.6 Å². The number of rotatable bonds is 29. The lowest BCUT2D eigenvalue weighted by Gasteiger charge is -2.41. The van der Waals surface area contributed by atoms with E-state index in [1.165, 1.54) is 0 Å². The van der Waals surface area contributed by atoms with Gasteiger partial charge >= 0.3 is 5.97 Å². The first-order valence-electron chi connectivity index (χ1n) is 26.7. The minimum absolute atomic E-state index is 0.0171. The van der Waals surface area contributed by atoms with Gasteiger partial charge in [-0.3, -0.25) is 28.8 Å². The lowest BCUT2D eigenvalue weighted by Crippen LogP contribution is -2.61. The number of ketones is 1. The van der Waals surface area contributed by atoms with Crippen molar-refractivity contribution in [2.45, 2.75) is 142 Å². The number of epoxide rings is 1. The molecule has 4 amide bonds. The van der Waals surface area contributed by atoms with Gasteiger partial charge in [0.2, 0.25) is 17.7 Å². The van der Waals surface area contributed by atoms with E-state index in [0.717, 1.165) is 29.5 Å². The summed E-state index contributed by atoms with van der Waals surface area (Å²) < 4.78 is 23.6. The van der Waals surface area contributed by atoms with Crippen molar-refractivity contribution < 1.29 is 52.2 Å². The van der Waals surface area contributed by atoms with Gasteiger partial charge in [0.25, 0.3) is 5.91 Å². The summed E-state index contributed by atoms with van der Waals surface area (Å²) >= 11 is 0. The molecule has 4 aromatic rings. The number of hydrogen-bond acceptors (Lipinski definition) is 12. The predicted molar refractivity (Wildman–Crippen MR) is 280 cm³/mol. The maximum atomic E-state index is 14.8. The Kier molecular flexibility index (Phi) is 19.4. The van der Waals surface area contributed by atoms with E-state index in [4.69, 9.17) is 18.9 Å². The number of unbranched alkanes of at least 4 members (excludes halogenated alkanes) is 2. The van der Waals surface area contributed by atoms with Gasteiger partial charge in [0.15, 0.2) is 23.8 Å². The van der Waals surface area contributed by atoms with E-state index in [9.17, 15) is 28.8 Å². The molecular formula is C57H77N8O10+. The van der Waals surface area contributed by atoms with Crippen LogP contribution in [0.1, 0.15) is 109 Å². The Balaban J connectivity index is 1.10. The number of hydrogen-bond donors (Lipinski definition) is 5. The molecular weight excluding hydrogens is 957 g/mol. The molecule has 18 heteroatoms. The number of nitrogens with one attached hydrogen (secondary N) is 5. The number of ether oxygens (including phenoxy) is 4. The highest BCUT2D eigenvalue weighted by molar-refractivity contribution is 5.99. The van der Waals surface area contributed by atoms with Crippen LogP contribution in [-0.2, 0) is 64.2 Å². The van der Waals surface area contributed by atoms with Crippen molar-refractivity contribution in [1.29, 1.82) is 0 Å². The summed E-state index contributed by atoms with van der Waals surface area (Å²) in [7, 11) is 0. The van der Waals surface area contributed by atoms with Crippen LogP contribution in [0.15, 0.2) is 85.1 Å². The van der Waals surface area contributed by atoms with Gasteiger partial charge in [0.1, 0.15) is 55.7 Å². The number of aromatic nitrogens is 3. The number of esters is 1. The van der Waals surface area contributed by atoms with E-state index in [2.05, 4.69) is 43.6 Å². The number of nitrogens with zero attached hydrogens (tertiary/aromatic N) is 3. The van der Waals surface area contributed by atoms with E-state index in [1.807, 2.05) is 100 Å². The van der Waals surface area contributed by atoms with Gasteiger partial charge in [-0.25, -0.2) is 0 Å². The molecule has 18 nitrogen and oxygen atoms in total. The van der Waals surface area contributed by atoms with Gasteiger partial charge in [-0.15, -0.1) is 0 Å². The summed E-state index contributed by atoms with van der Waals surface area (Å²) in [6.07, 6.45) is 6.29. The number of amides is 4. The Labute approximate surface area is 440 Å². The highest BCUT2D eigenvalue weighted by Gasteiger charge is 2.54. The molecule has 404 valence electrons. The van der Waals surface area contributed by atoms with Gasteiger partial charge in [-0.1, -0.05) is 108 Å². The molecule has 3 aromatic carbocycles. The zero-order valence-electron chi connectivity index (χ0n) is 44.5. The van der Waals surface area contributed by atoms with Crippen molar-refractivity contribution in [2.75, 3.05) is 39.5 Å². The molecule has 2 aliphatic heterocycles. The number of Topliss-reactive ketones (excluding diaryl/α,β-unsaturated/α-hetero) is 1. The third kappa shape index (κ3) is 16.5. The normalized spacial score (nSPS) is 19.9. The van der Waals surface area contributed by atoms with Crippen LogP contribution in [0.3, 0.4) is 0 Å². The molecule has 3 heterocycles. The summed E-state index contributed by atoms with van der Waals surface area (Å²) in [4.78, 5) is 84.9. The van der Waals surface area contributed by atoms with Crippen LogP contribution >= 0.6 is 0 Å². The van der Waals surface area contributed by atoms with Crippen LogP contribution < -0.4 is 30.7 Å². The lowest BCUT2D eigenvalue weighted by atomic mass is 9.93. The van der Waals surface area contributed by atoms with Gasteiger partial charge in [0, 0.05) is 18.4 Å². The number of carbonyl (C=O) groups excluding carboxylic acids is 6. The molecule has 1 aliphatic carbocycles. The lowest BCUT2D eigenvalue weighted by molar-refractivity contribution is -0.940. The van der Waals surface area contributed by atoms with E-state index in [1.54, 1.807) is 19.2 Å². The Morgan fingerprint density at radius 3 is 2.09 bits per heavy atom.